The molecule has 1 aromatic carbocycles. The molecule has 6 heteroatoms. The van der Waals surface area contributed by atoms with E-state index in [4.69, 9.17) is 0 Å². The first-order valence-corrected chi connectivity index (χ1v) is 10.8. The fourth-order valence-electron chi connectivity index (χ4n) is 3.22. The summed E-state index contributed by atoms with van der Waals surface area (Å²) in [5.74, 6) is 0.133. The van der Waals surface area contributed by atoms with E-state index in [1.54, 1.807) is 29.4 Å². The van der Waals surface area contributed by atoms with Crippen molar-refractivity contribution >= 4 is 55.0 Å². The number of carbonyl (C=O) groups excluding carboxylic acids is 1. The molecule has 25 heavy (non-hydrogen) atoms. The fraction of sp³-hybridized carbons (Fsp3) is 0.316. The van der Waals surface area contributed by atoms with Crippen molar-refractivity contribution < 1.29 is 4.79 Å². The van der Waals surface area contributed by atoms with Crippen LogP contribution in [0.1, 0.15) is 40.6 Å². The van der Waals surface area contributed by atoms with Crippen LogP contribution < -0.4 is 0 Å². The van der Waals surface area contributed by atoms with Crippen LogP contribution in [0.3, 0.4) is 0 Å². The summed E-state index contributed by atoms with van der Waals surface area (Å²) in [5, 5.41) is 1.95. The van der Waals surface area contributed by atoms with Gasteiger partial charge in [-0.2, -0.15) is 0 Å². The van der Waals surface area contributed by atoms with E-state index >= 15 is 0 Å². The van der Waals surface area contributed by atoms with Crippen LogP contribution in [0, 0.1) is 0 Å². The Kier molecular flexibility index (Phi) is 4.93. The van der Waals surface area contributed by atoms with Gasteiger partial charge in [-0.05, 0) is 50.3 Å². The van der Waals surface area contributed by atoms with Gasteiger partial charge in [0.25, 0.3) is 0 Å². The van der Waals surface area contributed by atoms with Crippen LogP contribution in [0.4, 0.5) is 0 Å². The van der Waals surface area contributed by atoms with Gasteiger partial charge in [0.1, 0.15) is 16.2 Å². The number of aryl methyl sites for hydroxylation is 2. The normalized spacial score (nSPS) is 15.1. The van der Waals surface area contributed by atoms with Crippen molar-refractivity contribution in [3.63, 3.8) is 0 Å². The van der Waals surface area contributed by atoms with Crippen LogP contribution in [0.2, 0.25) is 0 Å². The minimum atomic E-state index is -0.182. The molecule has 0 N–H and O–H groups in total. The van der Waals surface area contributed by atoms with Gasteiger partial charge in [-0.15, -0.1) is 11.3 Å². The van der Waals surface area contributed by atoms with E-state index in [0.717, 1.165) is 32.7 Å². The number of ketones is 1. The van der Waals surface area contributed by atoms with Gasteiger partial charge in [-0.3, -0.25) is 4.79 Å². The standard InChI is InChI=1S/C19H17BrN2OS2/c1-11(17(23)12-6-8-13(20)9-7-12)24-18-16-14-4-2-3-5-15(14)25-19(16)22-10-21-18/h6-11H,2-5H2,1H3/t11-/m1/s1. The predicted octanol–water partition coefficient (Wildman–Crippen LogP) is 5.70. The number of thiophene rings is 1. The van der Waals surface area contributed by atoms with Gasteiger partial charge < -0.3 is 0 Å². The molecule has 0 bridgehead atoms. The molecule has 0 amide bonds. The Morgan fingerprint density at radius 3 is 2.76 bits per heavy atom. The van der Waals surface area contributed by atoms with Crippen molar-refractivity contribution in [2.45, 2.75) is 42.9 Å². The van der Waals surface area contributed by atoms with Gasteiger partial charge in [0, 0.05) is 20.3 Å². The van der Waals surface area contributed by atoms with Crippen LogP contribution >= 0.6 is 39.0 Å². The van der Waals surface area contributed by atoms with Crippen LogP contribution in [-0.2, 0) is 12.8 Å². The molecule has 0 fully saturated rings. The summed E-state index contributed by atoms with van der Waals surface area (Å²) >= 11 is 6.76. The number of halogens is 1. The fourth-order valence-corrected chi connectivity index (χ4v) is 5.80. The number of benzene rings is 1. The number of aromatic nitrogens is 2. The maximum absolute atomic E-state index is 12.7. The highest BCUT2D eigenvalue weighted by Gasteiger charge is 2.23. The minimum Gasteiger partial charge on any atom is -0.293 e. The lowest BCUT2D eigenvalue weighted by molar-refractivity contribution is 0.0994. The number of thioether (sulfide) groups is 1. The number of fused-ring (bicyclic) bond motifs is 3. The molecular weight excluding hydrogens is 416 g/mol. The van der Waals surface area contributed by atoms with E-state index < -0.39 is 0 Å². The van der Waals surface area contributed by atoms with Crippen LogP contribution in [0.25, 0.3) is 10.2 Å². The Bertz CT molecular complexity index is 936. The lowest BCUT2D eigenvalue weighted by Gasteiger charge is -2.13. The lowest BCUT2D eigenvalue weighted by Crippen LogP contribution is -2.13. The van der Waals surface area contributed by atoms with Gasteiger partial charge >= 0.3 is 0 Å². The summed E-state index contributed by atoms with van der Waals surface area (Å²) in [4.78, 5) is 24.3. The molecule has 1 atom stereocenters. The van der Waals surface area contributed by atoms with Crippen LogP contribution in [0.15, 0.2) is 40.1 Å². The number of nitrogens with zero attached hydrogens (tertiary/aromatic N) is 2. The molecule has 0 spiro atoms. The number of Topliss-reactive ketones (excluding diaryl/α,β-unsaturated/α-hetero) is 1. The summed E-state index contributed by atoms with van der Waals surface area (Å²) in [5.41, 5.74) is 2.15. The highest BCUT2D eigenvalue weighted by molar-refractivity contribution is 9.10. The van der Waals surface area contributed by atoms with E-state index in [9.17, 15) is 4.79 Å². The van der Waals surface area contributed by atoms with E-state index in [2.05, 4.69) is 25.9 Å². The van der Waals surface area contributed by atoms with Crippen molar-refractivity contribution in [3.8, 4) is 0 Å². The Morgan fingerprint density at radius 1 is 1.20 bits per heavy atom. The number of hydrogen-bond acceptors (Lipinski definition) is 5. The van der Waals surface area contributed by atoms with Gasteiger partial charge in [0.2, 0.25) is 0 Å². The molecule has 0 saturated heterocycles. The largest absolute Gasteiger partial charge is 0.293 e. The third-order valence-corrected chi connectivity index (χ3v) is 7.33. The maximum atomic E-state index is 12.7. The first-order chi connectivity index (χ1) is 12.1. The van der Waals surface area contributed by atoms with Gasteiger partial charge in [-0.25, -0.2) is 9.97 Å². The molecule has 0 aliphatic heterocycles. The molecular formula is C19H17BrN2OS2. The van der Waals surface area contributed by atoms with Crippen LogP contribution in [-0.4, -0.2) is 21.0 Å². The Hall–Kier alpha value is -1.24. The van der Waals surface area contributed by atoms with E-state index in [1.165, 1.54) is 28.7 Å². The summed E-state index contributed by atoms with van der Waals surface area (Å²) in [6, 6.07) is 7.54. The quantitative estimate of drug-likeness (QED) is 0.301. The molecule has 0 radical (unpaired) electrons. The summed E-state index contributed by atoms with van der Waals surface area (Å²) in [7, 11) is 0. The van der Waals surface area contributed by atoms with Gasteiger partial charge in [0.05, 0.1) is 5.25 Å². The summed E-state index contributed by atoms with van der Waals surface area (Å²) < 4.78 is 0.978. The average molecular weight is 433 g/mol. The first kappa shape index (κ1) is 17.2. The highest BCUT2D eigenvalue weighted by Crippen LogP contribution is 2.40. The molecule has 1 aliphatic rings. The molecule has 2 heterocycles. The van der Waals surface area contributed by atoms with Crippen molar-refractivity contribution in [2.24, 2.45) is 0 Å². The zero-order valence-corrected chi connectivity index (χ0v) is 17.0. The molecule has 0 saturated carbocycles. The zero-order chi connectivity index (χ0) is 17.4. The average Bonchev–Trinajstić information content (AvgIpc) is 3.01. The zero-order valence-electron chi connectivity index (χ0n) is 13.8. The maximum Gasteiger partial charge on any atom is 0.175 e. The van der Waals surface area contributed by atoms with Crippen molar-refractivity contribution in [1.29, 1.82) is 0 Å². The molecule has 4 rings (SSSR count). The SMILES string of the molecule is C[C@@H](Sc1ncnc2sc3c(c12)CCCC3)C(=O)c1ccc(Br)cc1. The number of hydrogen-bond donors (Lipinski definition) is 0. The second kappa shape index (κ2) is 7.17. The topological polar surface area (TPSA) is 42.9 Å². The molecule has 0 unspecified atom stereocenters. The molecule has 2 aromatic heterocycles. The van der Waals surface area contributed by atoms with E-state index in [0.29, 0.717) is 0 Å². The Balaban J connectivity index is 1.65. The van der Waals surface area contributed by atoms with Crippen molar-refractivity contribution in [2.75, 3.05) is 0 Å². The van der Waals surface area contributed by atoms with E-state index in [-0.39, 0.29) is 11.0 Å². The minimum absolute atomic E-state index is 0.133. The summed E-state index contributed by atoms with van der Waals surface area (Å²) in [6.07, 6.45) is 6.36. The smallest absolute Gasteiger partial charge is 0.175 e. The molecule has 1 aliphatic carbocycles. The second-order valence-electron chi connectivity index (χ2n) is 6.20. The summed E-state index contributed by atoms with van der Waals surface area (Å²) in [6.45, 7) is 1.96. The predicted molar refractivity (Wildman–Crippen MR) is 108 cm³/mol. The number of carbonyl (C=O) groups is 1. The Morgan fingerprint density at radius 2 is 1.96 bits per heavy atom. The van der Waals surface area contributed by atoms with Crippen LogP contribution in [0.5, 0.6) is 0 Å². The molecule has 3 aromatic rings. The van der Waals surface area contributed by atoms with Gasteiger partial charge in [-0.1, -0.05) is 39.8 Å². The third-order valence-electron chi connectivity index (χ3n) is 4.50. The number of rotatable bonds is 4. The second-order valence-corrected chi connectivity index (χ2v) is 9.53. The van der Waals surface area contributed by atoms with Crippen molar-refractivity contribution in [1.82, 2.24) is 9.97 Å². The van der Waals surface area contributed by atoms with E-state index in [1.807, 2.05) is 31.2 Å². The highest BCUT2D eigenvalue weighted by atomic mass is 79.9. The molecule has 3 nitrogen and oxygen atoms in total. The lowest BCUT2D eigenvalue weighted by atomic mass is 9.97. The monoisotopic (exact) mass is 432 g/mol. The first-order valence-electron chi connectivity index (χ1n) is 8.35. The Labute approximate surface area is 163 Å². The van der Waals surface area contributed by atoms with Crippen molar-refractivity contribution in [3.05, 3.63) is 51.1 Å². The van der Waals surface area contributed by atoms with Gasteiger partial charge in [0.15, 0.2) is 5.78 Å². The third kappa shape index (κ3) is 3.39. The molecule has 128 valence electrons.